The fourth-order valence-corrected chi connectivity index (χ4v) is 3.52. The number of aromatic nitrogens is 2. The topological polar surface area (TPSA) is 50.3 Å². The fourth-order valence-electron chi connectivity index (χ4n) is 3.52. The average Bonchev–Trinajstić information content (AvgIpc) is 2.96. The van der Waals surface area contributed by atoms with Crippen molar-refractivity contribution in [1.82, 2.24) is 14.9 Å². The third-order valence-corrected chi connectivity index (χ3v) is 4.67. The first-order valence-electron chi connectivity index (χ1n) is 8.15. The Labute approximate surface area is 127 Å². The molecular weight excluding hydrogens is 264 g/mol. The number of hydrogen-bond donors (Lipinski definition) is 1. The number of nitrogens with one attached hydrogen (secondary N) is 1. The fraction of sp³-hybridized carbons (Fsp3) is 0.750. The van der Waals surface area contributed by atoms with Gasteiger partial charge < -0.3 is 10.1 Å². The molecule has 1 aliphatic heterocycles. The molecule has 3 rings (SSSR count). The van der Waals surface area contributed by atoms with Crippen LogP contribution in [-0.2, 0) is 11.2 Å². The lowest BCUT2D eigenvalue weighted by Crippen LogP contribution is -2.38. The summed E-state index contributed by atoms with van der Waals surface area (Å²) in [6.07, 6.45) is 10.2. The highest BCUT2D eigenvalue weighted by Gasteiger charge is 2.27. The smallest absolute Gasteiger partial charge is 0.144 e. The van der Waals surface area contributed by atoms with Crippen LogP contribution in [0.1, 0.15) is 31.4 Å². The number of nitrogens with zero attached hydrogens (tertiary/aromatic N) is 3. The summed E-state index contributed by atoms with van der Waals surface area (Å²) < 4.78 is 5.81. The van der Waals surface area contributed by atoms with Crippen molar-refractivity contribution in [3.8, 4) is 0 Å². The molecule has 1 saturated carbocycles. The van der Waals surface area contributed by atoms with Crippen LogP contribution in [0.5, 0.6) is 0 Å². The van der Waals surface area contributed by atoms with Gasteiger partial charge in [-0.1, -0.05) is 12.8 Å². The first-order valence-corrected chi connectivity index (χ1v) is 8.15. The van der Waals surface area contributed by atoms with Crippen LogP contribution < -0.4 is 5.32 Å². The van der Waals surface area contributed by atoms with E-state index in [0.717, 1.165) is 50.3 Å². The zero-order chi connectivity index (χ0) is 14.5. The van der Waals surface area contributed by atoms with Gasteiger partial charge in [-0.15, -0.1) is 0 Å². The molecule has 0 radical (unpaired) electrons. The summed E-state index contributed by atoms with van der Waals surface area (Å²) >= 11 is 0. The number of rotatable bonds is 4. The minimum atomic E-state index is 0.530. The van der Waals surface area contributed by atoms with E-state index in [1.54, 1.807) is 0 Å². The first-order chi connectivity index (χ1) is 10.3. The van der Waals surface area contributed by atoms with Crippen molar-refractivity contribution in [3.63, 3.8) is 0 Å². The normalized spacial score (nSPS) is 24.9. The molecule has 0 bridgehead atoms. The molecule has 1 unspecified atom stereocenters. The van der Waals surface area contributed by atoms with Gasteiger partial charge in [-0.2, -0.15) is 0 Å². The molecule has 2 fully saturated rings. The molecule has 116 valence electrons. The minimum Gasteiger partial charge on any atom is -0.380 e. The van der Waals surface area contributed by atoms with Crippen LogP contribution >= 0.6 is 0 Å². The first kappa shape index (κ1) is 14.7. The molecule has 2 aliphatic rings. The monoisotopic (exact) mass is 290 g/mol. The van der Waals surface area contributed by atoms with E-state index in [-0.39, 0.29) is 0 Å². The van der Waals surface area contributed by atoms with E-state index in [2.05, 4.69) is 20.2 Å². The Bertz CT molecular complexity index is 430. The lowest BCUT2D eigenvalue weighted by molar-refractivity contribution is 0.120. The van der Waals surface area contributed by atoms with Gasteiger partial charge in [0.25, 0.3) is 0 Å². The second-order valence-electron chi connectivity index (χ2n) is 6.22. The van der Waals surface area contributed by atoms with Crippen molar-refractivity contribution in [3.05, 3.63) is 18.1 Å². The molecule has 5 nitrogen and oxygen atoms in total. The maximum atomic E-state index is 5.81. The number of anilines is 1. The maximum Gasteiger partial charge on any atom is 0.144 e. The molecular formula is C16H26N4O. The van der Waals surface area contributed by atoms with E-state index in [1.807, 2.05) is 19.4 Å². The SMILES string of the molecule is CNc1cnc(CC2COCCN(C3CCCC3)C2)cn1. The molecule has 1 aromatic rings. The van der Waals surface area contributed by atoms with E-state index in [0.29, 0.717) is 5.92 Å². The average molecular weight is 290 g/mol. The highest BCUT2D eigenvalue weighted by molar-refractivity contribution is 5.29. The van der Waals surface area contributed by atoms with Gasteiger partial charge in [0.15, 0.2) is 0 Å². The molecule has 1 aliphatic carbocycles. The molecule has 21 heavy (non-hydrogen) atoms. The zero-order valence-electron chi connectivity index (χ0n) is 12.9. The predicted octanol–water partition coefficient (Wildman–Crippen LogP) is 1.95. The van der Waals surface area contributed by atoms with Crippen LogP contribution in [0.15, 0.2) is 12.4 Å². The summed E-state index contributed by atoms with van der Waals surface area (Å²) in [5.41, 5.74) is 1.07. The minimum absolute atomic E-state index is 0.530. The summed E-state index contributed by atoms with van der Waals surface area (Å²) in [6.45, 7) is 3.95. The standard InChI is InChI=1S/C16H26N4O/c1-17-16-10-18-14(9-19-16)8-13-11-20(6-7-21-12-13)15-4-2-3-5-15/h9-10,13,15H,2-8,11-12H2,1H3,(H,17,19). The summed E-state index contributed by atoms with van der Waals surface area (Å²) in [6, 6.07) is 0.784. The van der Waals surface area contributed by atoms with Gasteiger partial charge in [0, 0.05) is 32.1 Å². The van der Waals surface area contributed by atoms with Gasteiger partial charge in [-0.05, 0) is 19.3 Å². The highest BCUT2D eigenvalue weighted by atomic mass is 16.5. The van der Waals surface area contributed by atoms with Gasteiger partial charge in [-0.25, -0.2) is 4.98 Å². The van der Waals surface area contributed by atoms with E-state index < -0.39 is 0 Å². The van der Waals surface area contributed by atoms with Crippen molar-refractivity contribution in [1.29, 1.82) is 0 Å². The Hall–Kier alpha value is -1.20. The van der Waals surface area contributed by atoms with Crippen LogP contribution in [0.4, 0.5) is 5.82 Å². The van der Waals surface area contributed by atoms with Gasteiger partial charge in [-0.3, -0.25) is 9.88 Å². The number of ether oxygens (including phenoxy) is 1. The Kier molecular flexibility index (Phi) is 5.04. The van der Waals surface area contributed by atoms with Crippen molar-refractivity contribution in [2.24, 2.45) is 5.92 Å². The van der Waals surface area contributed by atoms with Crippen LogP contribution in [0, 0.1) is 5.92 Å². The Balaban J connectivity index is 1.59. The maximum absolute atomic E-state index is 5.81. The van der Waals surface area contributed by atoms with Crippen LogP contribution in [0.25, 0.3) is 0 Å². The largest absolute Gasteiger partial charge is 0.380 e. The molecule has 2 heterocycles. The molecule has 1 N–H and O–H groups in total. The second kappa shape index (κ2) is 7.18. The molecule has 1 saturated heterocycles. The van der Waals surface area contributed by atoms with Crippen molar-refractivity contribution < 1.29 is 4.74 Å². The quantitative estimate of drug-likeness (QED) is 0.918. The molecule has 0 spiro atoms. The predicted molar refractivity (Wildman–Crippen MR) is 83.4 cm³/mol. The Morgan fingerprint density at radius 2 is 2.14 bits per heavy atom. The van der Waals surface area contributed by atoms with Crippen molar-refractivity contribution in [2.45, 2.75) is 38.1 Å². The van der Waals surface area contributed by atoms with Crippen molar-refractivity contribution in [2.75, 3.05) is 38.7 Å². The van der Waals surface area contributed by atoms with E-state index in [1.165, 1.54) is 25.7 Å². The molecule has 0 aromatic carbocycles. The number of hydrogen-bond acceptors (Lipinski definition) is 5. The second-order valence-corrected chi connectivity index (χ2v) is 6.22. The third kappa shape index (κ3) is 3.92. The van der Waals surface area contributed by atoms with Gasteiger partial charge in [0.1, 0.15) is 5.82 Å². The van der Waals surface area contributed by atoms with Crippen LogP contribution in [0.2, 0.25) is 0 Å². The molecule has 5 heteroatoms. The third-order valence-electron chi connectivity index (χ3n) is 4.67. The van der Waals surface area contributed by atoms with E-state index in [4.69, 9.17) is 4.74 Å². The van der Waals surface area contributed by atoms with E-state index in [9.17, 15) is 0 Å². The van der Waals surface area contributed by atoms with Gasteiger partial charge >= 0.3 is 0 Å². The molecule has 0 amide bonds. The highest BCUT2D eigenvalue weighted by Crippen LogP contribution is 2.25. The van der Waals surface area contributed by atoms with Gasteiger partial charge in [0.2, 0.25) is 0 Å². The lowest BCUT2D eigenvalue weighted by atomic mass is 10.0. The summed E-state index contributed by atoms with van der Waals surface area (Å²) in [5.74, 6) is 1.35. The summed E-state index contributed by atoms with van der Waals surface area (Å²) in [7, 11) is 1.86. The summed E-state index contributed by atoms with van der Waals surface area (Å²) in [4.78, 5) is 11.5. The van der Waals surface area contributed by atoms with E-state index >= 15 is 0 Å². The molecule has 1 aromatic heterocycles. The van der Waals surface area contributed by atoms with Crippen LogP contribution in [0.3, 0.4) is 0 Å². The zero-order valence-corrected chi connectivity index (χ0v) is 12.9. The van der Waals surface area contributed by atoms with Crippen molar-refractivity contribution >= 4 is 5.82 Å². The van der Waals surface area contributed by atoms with Crippen LogP contribution in [-0.4, -0.2) is 54.3 Å². The Morgan fingerprint density at radius 3 is 2.86 bits per heavy atom. The summed E-state index contributed by atoms with van der Waals surface area (Å²) in [5, 5.41) is 3.01. The molecule has 1 atom stereocenters. The van der Waals surface area contributed by atoms with Gasteiger partial charge in [0.05, 0.1) is 31.3 Å². The Morgan fingerprint density at radius 1 is 1.29 bits per heavy atom. The lowest BCUT2D eigenvalue weighted by Gasteiger charge is -2.29.